The molecule has 8 heteroatoms. The molecule has 4 aromatic rings. The van der Waals surface area contributed by atoms with E-state index in [4.69, 9.17) is 0 Å². The first-order chi connectivity index (χ1) is 15.1. The molecule has 1 aliphatic heterocycles. The number of ketones is 1. The van der Waals surface area contributed by atoms with Crippen molar-refractivity contribution in [1.29, 1.82) is 0 Å². The number of para-hydroxylation sites is 2. The number of imidazole rings is 1. The van der Waals surface area contributed by atoms with Crippen molar-refractivity contribution in [2.24, 2.45) is 0 Å². The van der Waals surface area contributed by atoms with Crippen molar-refractivity contribution < 1.29 is 18.4 Å². The summed E-state index contributed by atoms with van der Waals surface area (Å²) < 4.78 is 31.2. The first-order valence-corrected chi connectivity index (χ1v) is 9.73. The number of pyridine rings is 1. The monoisotopic (exact) mass is 418 g/mol. The van der Waals surface area contributed by atoms with E-state index in [2.05, 4.69) is 9.97 Å². The second-order valence-electron chi connectivity index (χ2n) is 7.19. The van der Waals surface area contributed by atoms with Crippen molar-refractivity contribution >= 4 is 34.2 Å². The quantitative estimate of drug-likeness (QED) is 0.469. The number of rotatable bonds is 3. The lowest BCUT2D eigenvalue weighted by atomic mass is 9.95. The molecule has 0 N–H and O–H groups in total. The number of aromatic nitrogens is 3. The van der Waals surface area contributed by atoms with E-state index in [1.54, 1.807) is 29.0 Å². The Hall–Kier alpha value is -3.94. The topological polar surface area (TPSA) is 68.1 Å². The van der Waals surface area contributed by atoms with Crippen LogP contribution in [0.2, 0.25) is 0 Å². The van der Waals surface area contributed by atoms with E-state index < -0.39 is 23.5 Å². The van der Waals surface area contributed by atoms with E-state index in [-0.39, 0.29) is 29.4 Å². The Balaban J connectivity index is 1.70. The largest absolute Gasteiger partial charge is 0.325 e. The van der Waals surface area contributed by atoms with Gasteiger partial charge in [0.1, 0.15) is 17.5 Å². The maximum Gasteiger partial charge on any atom is 0.250 e. The summed E-state index contributed by atoms with van der Waals surface area (Å²) in [6, 6.07) is 14.7. The van der Waals surface area contributed by atoms with Crippen LogP contribution < -0.4 is 4.90 Å². The van der Waals surface area contributed by atoms with Gasteiger partial charge in [0.05, 0.1) is 16.9 Å². The van der Waals surface area contributed by atoms with Gasteiger partial charge in [-0.1, -0.05) is 24.3 Å². The number of hydrogen-bond donors (Lipinski definition) is 0. The fraction of sp³-hybridized carbons (Fsp3) is 0.130. The van der Waals surface area contributed by atoms with Gasteiger partial charge in [0.25, 0.3) is 0 Å². The standard InChI is InChI=1S/C23H16F2N4O2/c24-14-6-1-3-8-16(14)29(17-9-4-2-7-15(17)25)23(31)20-19(30)11-13-28-18-10-5-12-26-21(18)27-22(20)28/h1-10,12,20H,11,13H2. The van der Waals surface area contributed by atoms with Crippen LogP contribution >= 0.6 is 0 Å². The summed E-state index contributed by atoms with van der Waals surface area (Å²) in [5, 5.41) is 0. The number of hydrogen-bond acceptors (Lipinski definition) is 4. The third-order valence-corrected chi connectivity index (χ3v) is 5.37. The van der Waals surface area contributed by atoms with Crippen molar-refractivity contribution in [2.45, 2.75) is 18.9 Å². The van der Waals surface area contributed by atoms with E-state index in [0.717, 1.165) is 4.90 Å². The zero-order chi connectivity index (χ0) is 21.5. The summed E-state index contributed by atoms with van der Waals surface area (Å²) in [7, 11) is 0. The van der Waals surface area contributed by atoms with E-state index in [9.17, 15) is 18.4 Å². The molecule has 0 spiro atoms. The smallest absolute Gasteiger partial charge is 0.250 e. The third kappa shape index (κ3) is 3.07. The molecule has 31 heavy (non-hydrogen) atoms. The second kappa shape index (κ2) is 7.39. The highest BCUT2D eigenvalue weighted by Gasteiger charge is 2.41. The van der Waals surface area contributed by atoms with E-state index in [1.165, 1.54) is 36.4 Å². The summed E-state index contributed by atoms with van der Waals surface area (Å²) in [5.41, 5.74) is 0.827. The second-order valence-corrected chi connectivity index (χ2v) is 7.19. The van der Waals surface area contributed by atoms with E-state index in [1.807, 2.05) is 6.07 Å². The fourth-order valence-electron chi connectivity index (χ4n) is 3.95. The number of carbonyl (C=O) groups excluding carboxylic acids is 2. The molecule has 0 bridgehead atoms. The van der Waals surface area contributed by atoms with E-state index in [0.29, 0.717) is 17.7 Å². The predicted molar refractivity (Wildman–Crippen MR) is 110 cm³/mol. The lowest BCUT2D eigenvalue weighted by molar-refractivity contribution is -0.129. The van der Waals surface area contributed by atoms with Gasteiger partial charge in [0, 0.05) is 19.2 Å². The highest BCUT2D eigenvalue weighted by molar-refractivity contribution is 6.16. The van der Waals surface area contributed by atoms with Crippen LogP contribution in [-0.2, 0) is 16.1 Å². The van der Waals surface area contributed by atoms with Gasteiger partial charge in [-0.3, -0.25) is 14.5 Å². The van der Waals surface area contributed by atoms with E-state index >= 15 is 0 Å². The van der Waals surface area contributed by atoms with Crippen LogP contribution in [0.15, 0.2) is 66.9 Å². The highest BCUT2D eigenvalue weighted by atomic mass is 19.1. The number of fused-ring (bicyclic) bond motifs is 3. The summed E-state index contributed by atoms with van der Waals surface area (Å²) in [4.78, 5) is 36.2. The van der Waals surface area contributed by atoms with Crippen LogP contribution in [0.4, 0.5) is 20.2 Å². The first-order valence-electron chi connectivity index (χ1n) is 9.73. The zero-order valence-corrected chi connectivity index (χ0v) is 16.2. The number of amides is 1. The maximum absolute atomic E-state index is 14.7. The van der Waals surface area contributed by atoms with Gasteiger partial charge in [-0.15, -0.1) is 0 Å². The summed E-state index contributed by atoms with van der Waals surface area (Å²) in [5.74, 6) is -3.62. The van der Waals surface area contributed by atoms with Crippen LogP contribution in [-0.4, -0.2) is 26.2 Å². The van der Waals surface area contributed by atoms with Gasteiger partial charge < -0.3 is 4.57 Å². The summed E-state index contributed by atoms with van der Waals surface area (Å²) >= 11 is 0. The van der Waals surface area contributed by atoms with Gasteiger partial charge in [0.15, 0.2) is 17.3 Å². The minimum Gasteiger partial charge on any atom is -0.325 e. The fourth-order valence-corrected chi connectivity index (χ4v) is 3.95. The normalized spacial score (nSPS) is 15.7. The molecule has 0 aliphatic carbocycles. The number of halogens is 2. The number of Topliss-reactive ketones (excluding diaryl/α,β-unsaturated/α-hetero) is 1. The molecule has 2 aromatic carbocycles. The van der Waals surface area contributed by atoms with Gasteiger partial charge >= 0.3 is 0 Å². The number of benzene rings is 2. The average molecular weight is 418 g/mol. The molecule has 5 rings (SSSR count). The van der Waals surface area contributed by atoms with Gasteiger partial charge in [-0.2, -0.15) is 0 Å². The Labute approximate surface area is 175 Å². The molecule has 2 aromatic heterocycles. The van der Waals surface area contributed by atoms with Crippen LogP contribution in [0.5, 0.6) is 0 Å². The molecular weight excluding hydrogens is 402 g/mol. The first kappa shape index (κ1) is 19.0. The van der Waals surface area contributed by atoms with Crippen LogP contribution in [0.25, 0.3) is 11.2 Å². The molecule has 0 saturated carbocycles. The van der Waals surface area contributed by atoms with Gasteiger partial charge in [-0.05, 0) is 36.4 Å². The Bertz CT molecular complexity index is 1290. The molecule has 1 aliphatic rings. The van der Waals surface area contributed by atoms with Crippen molar-refractivity contribution in [3.05, 3.63) is 84.3 Å². The third-order valence-electron chi connectivity index (χ3n) is 5.37. The van der Waals surface area contributed by atoms with Gasteiger partial charge in [0.2, 0.25) is 5.91 Å². The summed E-state index contributed by atoms with van der Waals surface area (Å²) in [6.45, 7) is 0.361. The molecule has 154 valence electrons. The highest BCUT2D eigenvalue weighted by Crippen LogP contribution is 2.36. The molecule has 0 fully saturated rings. The summed E-state index contributed by atoms with van der Waals surface area (Å²) in [6.07, 6.45) is 1.68. The molecule has 1 amide bonds. The molecular formula is C23H16F2N4O2. The van der Waals surface area contributed by atoms with Crippen molar-refractivity contribution in [1.82, 2.24) is 14.5 Å². The zero-order valence-electron chi connectivity index (χ0n) is 16.2. The molecule has 0 radical (unpaired) electrons. The minimum atomic E-state index is -1.30. The lowest BCUT2D eigenvalue weighted by Crippen LogP contribution is -2.39. The molecule has 1 atom stereocenters. The van der Waals surface area contributed by atoms with Crippen molar-refractivity contribution in [3.63, 3.8) is 0 Å². The Morgan fingerprint density at radius 1 is 0.968 bits per heavy atom. The Kier molecular flexibility index (Phi) is 4.54. The Morgan fingerprint density at radius 3 is 2.26 bits per heavy atom. The van der Waals surface area contributed by atoms with Crippen molar-refractivity contribution in [3.8, 4) is 0 Å². The molecule has 1 unspecified atom stereocenters. The molecule has 6 nitrogen and oxygen atoms in total. The lowest BCUT2D eigenvalue weighted by Gasteiger charge is -2.29. The number of nitrogens with zero attached hydrogens (tertiary/aromatic N) is 4. The van der Waals surface area contributed by atoms with Crippen LogP contribution in [0.1, 0.15) is 18.2 Å². The molecule has 3 heterocycles. The number of carbonyl (C=O) groups is 2. The maximum atomic E-state index is 14.7. The number of aryl methyl sites for hydroxylation is 1. The van der Waals surface area contributed by atoms with Crippen LogP contribution in [0, 0.1) is 11.6 Å². The minimum absolute atomic E-state index is 0.103. The Morgan fingerprint density at radius 2 is 1.61 bits per heavy atom. The SMILES string of the molecule is O=C1CCn2c(nc3ncccc32)C1C(=O)N(c1ccccc1F)c1ccccc1F. The molecule has 0 saturated heterocycles. The number of anilines is 2. The van der Waals surface area contributed by atoms with Crippen LogP contribution in [0.3, 0.4) is 0 Å². The predicted octanol–water partition coefficient (Wildman–Crippen LogP) is 4.13. The van der Waals surface area contributed by atoms with Crippen molar-refractivity contribution in [2.75, 3.05) is 4.90 Å². The van der Waals surface area contributed by atoms with Gasteiger partial charge in [-0.25, -0.2) is 18.7 Å². The average Bonchev–Trinajstić information content (AvgIpc) is 3.14.